The summed E-state index contributed by atoms with van der Waals surface area (Å²) in [6, 6.07) is 0. The zero-order valence-electron chi connectivity index (χ0n) is 9.62. The topological polar surface area (TPSA) is 205 Å². The van der Waals surface area contributed by atoms with Gasteiger partial charge in [0.05, 0.1) is 12.7 Å². The van der Waals surface area contributed by atoms with Crippen LogP contribution in [0.5, 0.6) is 0 Å². The predicted molar refractivity (Wildman–Crippen MR) is 52.5 cm³/mol. The minimum absolute atomic E-state index is 0. The first kappa shape index (κ1) is 24.3. The zero-order chi connectivity index (χ0) is 14.2. The Balaban J connectivity index is -0.000000321. The van der Waals surface area contributed by atoms with E-state index in [4.69, 9.17) is 48.8 Å². The van der Waals surface area contributed by atoms with Crippen LogP contribution in [0.1, 0.15) is 0 Å². The monoisotopic (exact) mass is 317 g/mol. The quantitative estimate of drug-likeness (QED) is 0.145. The van der Waals surface area contributed by atoms with Crippen LogP contribution in [-0.2, 0) is 10.4 Å². The summed E-state index contributed by atoms with van der Waals surface area (Å²) in [5, 5.41) is 44.2. The maximum atomic E-state index is 9.04. The van der Waals surface area contributed by atoms with Crippen molar-refractivity contribution in [2.45, 2.75) is 24.4 Å². The van der Waals surface area contributed by atoms with Gasteiger partial charge in [0.2, 0.25) is 10.4 Å². The van der Waals surface area contributed by atoms with Crippen molar-refractivity contribution in [1.29, 1.82) is 0 Å². The van der Waals surface area contributed by atoms with Gasteiger partial charge < -0.3 is 35.8 Å². The maximum absolute atomic E-state index is 9.04. The molecule has 0 rings (SSSR count). The summed E-state index contributed by atoms with van der Waals surface area (Å²) in [6.45, 7) is -0.911. The predicted octanol–water partition coefficient (Wildman–Crippen LogP) is -7.61. The number of aliphatic hydroxyl groups excluding tert-OH is 5. The standard InChI is InChI=1S/C6H15NO5.K.H2O4S/c7-1-3(9)5(11)6(12)4(10)2-8;;1-5(2,3)4/h3-6,8-12H,1-2,7H2;;(H2,1,2,3,4)/q;+1;/p-1/t3-,4+,5+,6+;;/m0../s1. The summed E-state index contributed by atoms with van der Waals surface area (Å²) in [4.78, 5) is 0. The zero-order valence-corrected chi connectivity index (χ0v) is 13.6. The van der Waals surface area contributed by atoms with E-state index in [-0.39, 0.29) is 57.9 Å². The summed E-state index contributed by atoms with van der Waals surface area (Å²) in [5.41, 5.74) is 4.99. The number of hydrogen-bond acceptors (Lipinski definition) is 9. The van der Waals surface area contributed by atoms with Crippen molar-refractivity contribution < 1.29 is 94.4 Å². The molecule has 0 heterocycles. The molecular weight excluding hydrogens is 301 g/mol. The van der Waals surface area contributed by atoms with Crippen molar-refractivity contribution in [3.8, 4) is 0 Å². The van der Waals surface area contributed by atoms with E-state index < -0.39 is 41.4 Å². The average molecular weight is 317 g/mol. The Morgan fingerprint density at radius 1 is 1.06 bits per heavy atom. The fourth-order valence-corrected chi connectivity index (χ4v) is 0.703. The molecule has 8 N–H and O–H groups in total. The molecule has 12 heteroatoms. The van der Waals surface area contributed by atoms with Crippen molar-refractivity contribution in [3.63, 3.8) is 0 Å². The molecule has 0 aliphatic carbocycles. The van der Waals surface area contributed by atoms with Gasteiger partial charge in [-0.25, -0.2) is 8.42 Å². The summed E-state index contributed by atoms with van der Waals surface area (Å²) < 4.78 is 32.8. The van der Waals surface area contributed by atoms with E-state index >= 15 is 0 Å². The molecule has 0 fully saturated rings. The SMILES string of the molecule is NC[C@H](O)[C@@H](O)[C@H](O)[C@H](O)CO.O=S(=O)([O-])O.[K+]. The molecule has 0 amide bonds. The van der Waals surface area contributed by atoms with Gasteiger partial charge in [-0.2, -0.15) is 0 Å². The minimum atomic E-state index is -4.92. The van der Waals surface area contributed by atoms with Crippen molar-refractivity contribution in [1.82, 2.24) is 0 Å². The Bertz CT molecular complexity index is 265. The molecule has 18 heavy (non-hydrogen) atoms. The van der Waals surface area contributed by atoms with Crippen LogP contribution >= 0.6 is 0 Å². The second-order valence-corrected chi connectivity index (χ2v) is 3.82. The van der Waals surface area contributed by atoms with Crippen LogP contribution in [0.4, 0.5) is 0 Å². The molecule has 0 saturated carbocycles. The first-order chi connectivity index (χ1) is 7.54. The van der Waals surface area contributed by atoms with Gasteiger partial charge in [-0.1, -0.05) is 0 Å². The van der Waals surface area contributed by atoms with Gasteiger partial charge in [-0.05, 0) is 0 Å². The van der Waals surface area contributed by atoms with Crippen LogP contribution < -0.4 is 57.1 Å². The number of hydrogen-bond donors (Lipinski definition) is 7. The molecule has 106 valence electrons. The fraction of sp³-hybridized carbons (Fsp3) is 1.00. The third kappa shape index (κ3) is 15.3. The largest absolute Gasteiger partial charge is 1.00 e. The summed E-state index contributed by atoms with van der Waals surface area (Å²) in [6.07, 6.45) is -5.91. The van der Waals surface area contributed by atoms with Crippen LogP contribution in [-0.4, -0.2) is 80.6 Å². The van der Waals surface area contributed by atoms with Gasteiger partial charge in [-0.3, -0.25) is 4.55 Å². The van der Waals surface area contributed by atoms with E-state index in [1.54, 1.807) is 0 Å². The Morgan fingerprint density at radius 3 is 1.56 bits per heavy atom. The molecule has 0 saturated heterocycles. The van der Waals surface area contributed by atoms with Crippen molar-refractivity contribution in [2.24, 2.45) is 5.73 Å². The number of nitrogens with two attached hydrogens (primary N) is 1. The third-order valence-electron chi connectivity index (χ3n) is 1.57. The molecule has 0 aliphatic rings. The smallest absolute Gasteiger partial charge is 0.726 e. The van der Waals surface area contributed by atoms with Gasteiger partial charge in [0.1, 0.15) is 18.3 Å². The molecule has 10 nitrogen and oxygen atoms in total. The molecule has 0 aromatic rings. The normalized spacial score (nSPS) is 17.6. The van der Waals surface area contributed by atoms with Gasteiger partial charge in [-0.15, -0.1) is 0 Å². The van der Waals surface area contributed by atoms with Gasteiger partial charge in [0, 0.05) is 6.54 Å². The van der Waals surface area contributed by atoms with Crippen LogP contribution in [0.2, 0.25) is 0 Å². The number of rotatable bonds is 5. The third-order valence-corrected chi connectivity index (χ3v) is 1.57. The molecular formula is C6H16KNO9S. The summed E-state index contributed by atoms with van der Waals surface area (Å²) in [5.74, 6) is 0. The first-order valence-electron chi connectivity index (χ1n) is 4.26. The van der Waals surface area contributed by atoms with Crippen LogP contribution in [0.15, 0.2) is 0 Å². The van der Waals surface area contributed by atoms with E-state index in [0.29, 0.717) is 0 Å². The Morgan fingerprint density at radius 2 is 1.33 bits per heavy atom. The minimum Gasteiger partial charge on any atom is -0.726 e. The number of aliphatic hydroxyl groups is 5. The van der Waals surface area contributed by atoms with Crippen molar-refractivity contribution >= 4 is 10.4 Å². The van der Waals surface area contributed by atoms with E-state index in [2.05, 4.69) is 0 Å². The Kier molecular flexibility index (Phi) is 16.3. The van der Waals surface area contributed by atoms with Gasteiger partial charge in [0.25, 0.3) is 0 Å². The van der Waals surface area contributed by atoms with Crippen LogP contribution in [0.3, 0.4) is 0 Å². The Labute approximate surface area is 146 Å². The van der Waals surface area contributed by atoms with Gasteiger partial charge in [0.15, 0.2) is 0 Å². The molecule has 0 aromatic carbocycles. The molecule has 0 bridgehead atoms. The molecule has 4 atom stereocenters. The molecule has 0 radical (unpaired) electrons. The van der Waals surface area contributed by atoms with E-state index in [1.807, 2.05) is 0 Å². The van der Waals surface area contributed by atoms with Crippen LogP contribution in [0, 0.1) is 0 Å². The van der Waals surface area contributed by atoms with E-state index in [9.17, 15) is 0 Å². The van der Waals surface area contributed by atoms with E-state index in [0.717, 1.165) is 0 Å². The fourth-order valence-electron chi connectivity index (χ4n) is 0.703. The molecule has 0 unspecified atom stereocenters. The molecule has 0 spiro atoms. The second-order valence-electron chi connectivity index (χ2n) is 2.96. The van der Waals surface area contributed by atoms with Crippen LogP contribution in [0.25, 0.3) is 0 Å². The second kappa shape index (κ2) is 12.0. The van der Waals surface area contributed by atoms with Crippen molar-refractivity contribution in [2.75, 3.05) is 13.2 Å². The van der Waals surface area contributed by atoms with E-state index in [1.165, 1.54) is 0 Å². The maximum Gasteiger partial charge on any atom is 1.00 e. The van der Waals surface area contributed by atoms with Gasteiger partial charge >= 0.3 is 51.4 Å². The first-order valence-corrected chi connectivity index (χ1v) is 5.62. The molecule has 0 aromatic heterocycles. The summed E-state index contributed by atoms with van der Waals surface area (Å²) in [7, 11) is -4.92. The molecule has 0 aliphatic heterocycles. The van der Waals surface area contributed by atoms with Crippen molar-refractivity contribution in [3.05, 3.63) is 0 Å². The summed E-state index contributed by atoms with van der Waals surface area (Å²) >= 11 is 0. The Hall–Kier alpha value is 1.27. The average Bonchev–Trinajstić information content (AvgIpc) is 2.22.